The van der Waals surface area contributed by atoms with Gasteiger partial charge in [-0.05, 0) is 36.6 Å². The molecule has 0 bridgehead atoms. The Balaban J connectivity index is 2.54. The first-order valence-corrected chi connectivity index (χ1v) is 7.73. The second-order valence-electron chi connectivity index (χ2n) is 4.99. The fraction of sp³-hybridized carbons (Fsp3) is 0.500. The zero-order valence-electron chi connectivity index (χ0n) is 13.4. The monoisotopic (exact) mass is 290 g/mol. The fourth-order valence-electron chi connectivity index (χ4n) is 1.99. The molecule has 0 fully saturated rings. The lowest BCUT2D eigenvalue weighted by molar-refractivity contribution is -0.139. The summed E-state index contributed by atoms with van der Waals surface area (Å²) in [5.74, 6) is 0.605. The molecule has 0 atom stereocenters. The van der Waals surface area contributed by atoms with Crippen molar-refractivity contribution in [3.8, 4) is 5.75 Å². The molecule has 116 valence electrons. The molecular formula is C18H26O3. The Morgan fingerprint density at radius 1 is 1.10 bits per heavy atom. The number of ether oxygens (including phenoxy) is 2. The van der Waals surface area contributed by atoms with E-state index in [1.54, 1.807) is 7.11 Å². The summed E-state index contributed by atoms with van der Waals surface area (Å²) in [6.45, 7) is 4.64. The summed E-state index contributed by atoms with van der Waals surface area (Å²) in [4.78, 5) is 12.0. The van der Waals surface area contributed by atoms with Crippen LogP contribution in [0.15, 0.2) is 29.8 Å². The van der Waals surface area contributed by atoms with E-state index in [1.807, 2.05) is 37.3 Å². The van der Waals surface area contributed by atoms with Crippen molar-refractivity contribution in [2.45, 2.75) is 46.0 Å². The van der Waals surface area contributed by atoms with Crippen molar-refractivity contribution in [1.29, 1.82) is 0 Å². The van der Waals surface area contributed by atoms with Gasteiger partial charge in [-0.25, -0.2) is 4.79 Å². The Hall–Kier alpha value is -1.77. The number of carbonyl (C=O) groups is 1. The largest absolute Gasteiger partial charge is 0.497 e. The van der Waals surface area contributed by atoms with Crippen LogP contribution < -0.4 is 4.74 Å². The van der Waals surface area contributed by atoms with Crippen LogP contribution in [-0.4, -0.2) is 19.7 Å². The molecule has 0 aliphatic heterocycles. The standard InChI is InChI=1S/C18H26O3/c1-4-6-7-8-13-21-18(19)16(5-2)14-15-9-11-17(20-3)12-10-15/h9-12,14H,4-8,13H2,1-3H3/b16-14+. The lowest BCUT2D eigenvalue weighted by Gasteiger charge is -2.07. The second-order valence-corrected chi connectivity index (χ2v) is 4.99. The Morgan fingerprint density at radius 3 is 2.38 bits per heavy atom. The minimum atomic E-state index is -0.204. The summed E-state index contributed by atoms with van der Waals surface area (Å²) >= 11 is 0. The highest BCUT2D eigenvalue weighted by Gasteiger charge is 2.09. The summed E-state index contributed by atoms with van der Waals surface area (Å²) in [5, 5.41) is 0. The molecule has 0 saturated heterocycles. The summed E-state index contributed by atoms with van der Waals surface area (Å²) in [6.07, 6.45) is 6.99. The van der Waals surface area contributed by atoms with Gasteiger partial charge in [-0.2, -0.15) is 0 Å². The van der Waals surface area contributed by atoms with Gasteiger partial charge in [0.1, 0.15) is 5.75 Å². The van der Waals surface area contributed by atoms with Crippen LogP contribution in [0.3, 0.4) is 0 Å². The molecular weight excluding hydrogens is 264 g/mol. The molecule has 0 aromatic heterocycles. The van der Waals surface area contributed by atoms with Gasteiger partial charge in [-0.1, -0.05) is 45.2 Å². The number of carbonyl (C=O) groups excluding carboxylic acids is 1. The van der Waals surface area contributed by atoms with E-state index >= 15 is 0 Å². The number of hydrogen-bond donors (Lipinski definition) is 0. The Bertz CT molecular complexity index is 446. The zero-order chi connectivity index (χ0) is 15.5. The molecule has 3 heteroatoms. The summed E-state index contributed by atoms with van der Waals surface area (Å²) in [5.41, 5.74) is 1.69. The molecule has 0 spiro atoms. The SMILES string of the molecule is CCCCCCOC(=O)/C(=C/c1ccc(OC)cc1)CC. The van der Waals surface area contributed by atoms with E-state index < -0.39 is 0 Å². The smallest absolute Gasteiger partial charge is 0.334 e. The minimum Gasteiger partial charge on any atom is -0.497 e. The highest BCUT2D eigenvalue weighted by Crippen LogP contribution is 2.16. The molecule has 1 aromatic carbocycles. The van der Waals surface area contributed by atoms with Gasteiger partial charge in [-0.3, -0.25) is 0 Å². The third-order valence-corrected chi connectivity index (χ3v) is 3.33. The van der Waals surface area contributed by atoms with Gasteiger partial charge in [0, 0.05) is 5.57 Å². The predicted molar refractivity (Wildman–Crippen MR) is 86.4 cm³/mol. The third kappa shape index (κ3) is 6.48. The summed E-state index contributed by atoms with van der Waals surface area (Å²) in [6, 6.07) is 7.64. The van der Waals surface area contributed by atoms with Crippen LogP contribution in [0, 0.1) is 0 Å². The van der Waals surface area contributed by atoms with Gasteiger partial charge in [0.2, 0.25) is 0 Å². The van der Waals surface area contributed by atoms with Gasteiger partial charge in [0.05, 0.1) is 13.7 Å². The van der Waals surface area contributed by atoms with E-state index in [0.29, 0.717) is 18.6 Å². The van der Waals surface area contributed by atoms with Gasteiger partial charge >= 0.3 is 5.97 Å². The first-order valence-electron chi connectivity index (χ1n) is 7.73. The lowest BCUT2D eigenvalue weighted by atomic mass is 10.1. The van der Waals surface area contributed by atoms with Gasteiger partial charge in [0.15, 0.2) is 0 Å². The quantitative estimate of drug-likeness (QED) is 0.378. The van der Waals surface area contributed by atoms with Crippen LogP contribution in [0.5, 0.6) is 5.75 Å². The molecule has 0 saturated carbocycles. The molecule has 21 heavy (non-hydrogen) atoms. The van der Waals surface area contributed by atoms with Crippen LogP contribution in [-0.2, 0) is 9.53 Å². The Morgan fingerprint density at radius 2 is 1.81 bits per heavy atom. The zero-order valence-corrected chi connectivity index (χ0v) is 13.4. The number of rotatable bonds is 9. The minimum absolute atomic E-state index is 0.204. The molecule has 0 aliphatic carbocycles. The van der Waals surface area contributed by atoms with Crippen molar-refractivity contribution >= 4 is 12.0 Å². The van der Waals surface area contributed by atoms with Crippen molar-refractivity contribution in [3.05, 3.63) is 35.4 Å². The topological polar surface area (TPSA) is 35.5 Å². The molecule has 0 amide bonds. The van der Waals surface area contributed by atoms with E-state index in [4.69, 9.17) is 9.47 Å². The highest BCUT2D eigenvalue weighted by atomic mass is 16.5. The fourth-order valence-corrected chi connectivity index (χ4v) is 1.99. The lowest BCUT2D eigenvalue weighted by Crippen LogP contribution is -2.08. The number of methoxy groups -OCH3 is 1. The van der Waals surface area contributed by atoms with Crippen LogP contribution in [0.25, 0.3) is 6.08 Å². The Labute approximate surface area is 128 Å². The van der Waals surface area contributed by atoms with Gasteiger partial charge in [0.25, 0.3) is 0 Å². The average molecular weight is 290 g/mol. The van der Waals surface area contributed by atoms with Crippen LogP contribution >= 0.6 is 0 Å². The second kappa shape index (κ2) is 10.0. The molecule has 3 nitrogen and oxygen atoms in total. The van der Waals surface area contributed by atoms with Crippen LogP contribution in [0.1, 0.15) is 51.5 Å². The van der Waals surface area contributed by atoms with Crippen molar-refractivity contribution in [2.24, 2.45) is 0 Å². The van der Waals surface area contributed by atoms with Crippen LogP contribution in [0.4, 0.5) is 0 Å². The van der Waals surface area contributed by atoms with Gasteiger partial charge in [-0.15, -0.1) is 0 Å². The number of hydrogen-bond acceptors (Lipinski definition) is 3. The van der Waals surface area contributed by atoms with E-state index in [9.17, 15) is 4.79 Å². The Kier molecular flexibility index (Phi) is 8.25. The number of esters is 1. The number of benzene rings is 1. The van der Waals surface area contributed by atoms with Gasteiger partial charge < -0.3 is 9.47 Å². The highest BCUT2D eigenvalue weighted by molar-refractivity contribution is 5.93. The molecule has 1 aromatic rings. The first kappa shape index (κ1) is 17.3. The maximum Gasteiger partial charge on any atom is 0.334 e. The maximum absolute atomic E-state index is 12.0. The van der Waals surface area contributed by atoms with Crippen molar-refractivity contribution in [2.75, 3.05) is 13.7 Å². The van der Waals surface area contributed by atoms with E-state index in [2.05, 4.69) is 6.92 Å². The summed E-state index contributed by atoms with van der Waals surface area (Å²) < 4.78 is 10.4. The average Bonchev–Trinajstić information content (AvgIpc) is 2.52. The molecule has 0 radical (unpaired) electrons. The van der Waals surface area contributed by atoms with E-state index in [1.165, 1.54) is 12.8 Å². The molecule has 0 unspecified atom stereocenters. The molecule has 1 rings (SSSR count). The van der Waals surface area contributed by atoms with E-state index in [-0.39, 0.29) is 5.97 Å². The predicted octanol–water partition coefficient (Wildman–Crippen LogP) is 4.61. The summed E-state index contributed by atoms with van der Waals surface area (Å²) in [7, 11) is 1.64. The molecule has 0 N–H and O–H groups in total. The molecule has 0 heterocycles. The van der Waals surface area contributed by atoms with Crippen LogP contribution in [0.2, 0.25) is 0 Å². The van der Waals surface area contributed by atoms with Crippen molar-refractivity contribution in [1.82, 2.24) is 0 Å². The molecule has 0 aliphatic rings. The maximum atomic E-state index is 12.0. The third-order valence-electron chi connectivity index (χ3n) is 3.33. The number of unbranched alkanes of at least 4 members (excludes halogenated alkanes) is 3. The van der Waals surface area contributed by atoms with Crippen molar-refractivity contribution in [3.63, 3.8) is 0 Å². The van der Waals surface area contributed by atoms with E-state index in [0.717, 1.165) is 24.2 Å². The van der Waals surface area contributed by atoms with Crippen molar-refractivity contribution < 1.29 is 14.3 Å². The first-order chi connectivity index (χ1) is 10.2. The normalized spacial score (nSPS) is 11.3.